The summed E-state index contributed by atoms with van der Waals surface area (Å²) in [6.07, 6.45) is 0. The van der Waals surface area contributed by atoms with Crippen LogP contribution in [0, 0.1) is 6.07 Å². The van der Waals surface area contributed by atoms with E-state index in [1.165, 1.54) is 52.9 Å². The van der Waals surface area contributed by atoms with Gasteiger partial charge in [-0.15, -0.1) is 0 Å². The molecule has 1 rings (SSSR count). The first-order valence-corrected chi connectivity index (χ1v) is 8.28. The Morgan fingerprint density at radius 2 is 1.79 bits per heavy atom. The van der Waals surface area contributed by atoms with E-state index in [4.69, 9.17) is 5.11 Å². The number of carboxylic acids is 1. The van der Waals surface area contributed by atoms with E-state index in [1.807, 2.05) is 0 Å². The third kappa shape index (κ3) is 5.19. The van der Waals surface area contributed by atoms with E-state index >= 15 is 0 Å². The molecule has 0 aromatic heterocycles. The van der Waals surface area contributed by atoms with E-state index in [0.29, 0.717) is 0 Å². The van der Waals surface area contributed by atoms with Crippen molar-refractivity contribution in [3.05, 3.63) is 30.3 Å². The van der Waals surface area contributed by atoms with E-state index < -0.39 is 33.0 Å². The van der Waals surface area contributed by atoms with Gasteiger partial charge in [0.15, 0.2) is 10.0 Å². The molecule has 0 atom stereocenters. The number of aliphatic carboxylic acids is 1. The normalized spacial score (nSPS) is 12.4. The van der Waals surface area contributed by atoms with Gasteiger partial charge >= 0.3 is 64.2 Å². The second kappa shape index (κ2) is 8.51. The Morgan fingerprint density at radius 3 is 2.21 bits per heavy atom. The number of benzene rings is 1. The largest absolute Gasteiger partial charge is 1.00 e. The van der Waals surface area contributed by atoms with Crippen molar-refractivity contribution in [2.45, 2.75) is 43.7 Å². The van der Waals surface area contributed by atoms with Crippen LogP contribution in [0.3, 0.4) is 0 Å². The summed E-state index contributed by atoms with van der Waals surface area (Å²) in [5.74, 6) is -1.93. The van der Waals surface area contributed by atoms with Crippen molar-refractivity contribution in [1.29, 1.82) is 0 Å². The van der Waals surface area contributed by atoms with Crippen LogP contribution < -0.4 is 63.5 Å². The van der Waals surface area contributed by atoms with Crippen molar-refractivity contribution in [3.8, 4) is 0 Å². The number of hydrogen-bond acceptors (Lipinski definition) is 4. The number of nitrogens with one attached hydrogen (secondary N) is 1. The monoisotopic (exact) mass is 426 g/mol. The molecule has 1 amide bonds. The number of hydrogen-bond donors (Lipinski definition) is 2. The first-order valence-electron chi connectivity index (χ1n) is 6.84. The average molecular weight is 427 g/mol. The van der Waals surface area contributed by atoms with Crippen LogP contribution in [0.2, 0.25) is 0 Å². The van der Waals surface area contributed by atoms with Gasteiger partial charge in [0, 0.05) is 7.05 Å². The van der Waals surface area contributed by atoms with Crippen molar-refractivity contribution in [2.24, 2.45) is 0 Å². The zero-order valence-electron chi connectivity index (χ0n) is 14.7. The van der Waals surface area contributed by atoms with Crippen molar-refractivity contribution in [1.82, 2.24) is 9.62 Å². The van der Waals surface area contributed by atoms with Crippen LogP contribution in [0.4, 0.5) is 0 Å². The number of rotatable bonds is 6. The molecule has 0 fully saturated rings. The van der Waals surface area contributed by atoms with Crippen molar-refractivity contribution in [2.75, 3.05) is 7.05 Å². The third-order valence-electron chi connectivity index (χ3n) is 3.64. The minimum absolute atomic E-state index is 0. The second-order valence-electron chi connectivity index (χ2n) is 6.15. The number of carboxylic acid groups (broad SMARTS) is 1. The van der Waals surface area contributed by atoms with Crippen LogP contribution in [-0.2, 0) is 19.6 Å². The van der Waals surface area contributed by atoms with E-state index in [2.05, 4.69) is 11.4 Å². The Balaban J connectivity index is 0.00000529. The van der Waals surface area contributed by atoms with Crippen LogP contribution in [-0.4, -0.2) is 47.8 Å². The van der Waals surface area contributed by atoms with E-state index in [1.54, 1.807) is 6.07 Å². The molecule has 0 unspecified atom stereocenters. The fraction of sp³-hybridized carbons (Fsp3) is 0.467. The molecule has 0 heterocycles. The summed E-state index contributed by atoms with van der Waals surface area (Å²) in [4.78, 5) is 23.5. The summed E-state index contributed by atoms with van der Waals surface area (Å²) >= 11 is 0. The van der Waals surface area contributed by atoms with Crippen LogP contribution in [0.15, 0.2) is 29.2 Å². The summed E-state index contributed by atoms with van der Waals surface area (Å²) in [5.41, 5.74) is -3.00. The maximum atomic E-state index is 12.6. The molecule has 0 aliphatic heterocycles. The molecule has 9 heteroatoms. The van der Waals surface area contributed by atoms with Crippen LogP contribution >= 0.6 is 0 Å². The summed E-state index contributed by atoms with van der Waals surface area (Å²) in [6, 6.07) is 8.47. The second-order valence-corrected chi connectivity index (χ2v) is 8.12. The molecule has 0 radical (unpaired) electrons. The Hall–Kier alpha value is -0.125. The molecule has 0 aliphatic rings. The quantitative estimate of drug-likeness (QED) is 0.506. The molecule has 0 bridgehead atoms. The molecule has 0 aliphatic carbocycles. The zero-order chi connectivity index (χ0) is 18.1. The summed E-state index contributed by atoms with van der Waals surface area (Å²) in [6.45, 7) is 5.46. The topological polar surface area (TPSA) is 104 Å². The van der Waals surface area contributed by atoms with Gasteiger partial charge in [-0.1, -0.05) is 0 Å². The van der Waals surface area contributed by atoms with Crippen LogP contribution in [0.5, 0.6) is 0 Å². The average Bonchev–Trinajstić information content (AvgIpc) is 2.46. The summed E-state index contributed by atoms with van der Waals surface area (Å²) in [5, 5.41) is 11.4. The van der Waals surface area contributed by atoms with Gasteiger partial charge in [0.1, 0.15) is 11.1 Å². The minimum Gasteiger partial charge on any atom is -0.480 e. The number of likely N-dealkylation sites (N-methyl/N-ethyl adjacent to an activating group) is 1. The standard InChI is InChI=1S/C15H21N2O5S.Rb/c1-14(2,13(19)20)16-12(18)15(3,4)17(5)23(21,22)11-9-7-6-8-10-11;/h6-7,9-10H,1-5H3,(H,16,18)(H,19,20);/q-1;+1. The fourth-order valence-corrected chi connectivity index (χ4v) is 3.10. The Bertz CT molecular complexity index is 702. The van der Waals surface area contributed by atoms with Crippen molar-refractivity contribution in [3.63, 3.8) is 0 Å². The molecule has 0 saturated heterocycles. The van der Waals surface area contributed by atoms with Gasteiger partial charge in [-0.3, -0.25) is 4.79 Å². The third-order valence-corrected chi connectivity index (χ3v) is 5.67. The molecule has 1 aromatic rings. The van der Waals surface area contributed by atoms with Crippen molar-refractivity contribution < 1.29 is 81.3 Å². The van der Waals surface area contributed by atoms with E-state index in [0.717, 1.165) is 4.31 Å². The number of amides is 1. The van der Waals surface area contributed by atoms with E-state index in [-0.39, 0.29) is 63.1 Å². The Kier molecular flexibility index (Phi) is 8.46. The smallest absolute Gasteiger partial charge is 0.480 e. The Labute approximate surface area is 191 Å². The summed E-state index contributed by atoms with van der Waals surface area (Å²) in [7, 11) is -2.65. The molecule has 7 nitrogen and oxygen atoms in total. The van der Waals surface area contributed by atoms with Crippen LogP contribution in [0.25, 0.3) is 0 Å². The molecular formula is C15H21N2O5RbS. The number of sulfonamides is 1. The molecule has 0 saturated carbocycles. The zero-order valence-corrected chi connectivity index (χ0v) is 20.5. The first-order chi connectivity index (χ1) is 10.3. The SMILES string of the molecule is CN(C(C)(C)C(=O)NC(C)(C)C(=O)O)S(=O)(=O)c1c[c-]ccc1.[Rb+]. The minimum atomic E-state index is -3.92. The number of nitrogens with zero attached hydrogens (tertiary/aromatic N) is 1. The first kappa shape index (κ1) is 23.9. The number of carbonyl (C=O) groups is 2. The van der Waals surface area contributed by atoms with Gasteiger partial charge in [0.05, 0.1) is 0 Å². The molecule has 2 N–H and O–H groups in total. The maximum absolute atomic E-state index is 12.6. The van der Waals surface area contributed by atoms with Gasteiger partial charge in [-0.2, -0.15) is 34.6 Å². The molecule has 1 aromatic carbocycles. The predicted octanol–water partition coefficient (Wildman–Crippen LogP) is -2.13. The molecule has 0 spiro atoms. The Morgan fingerprint density at radius 1 is 1.25 bits per heavy atom. The maximum Gasteiger partial charge on any atom is 1.00 e. The van der Waals surface area contributed by atoms with Crippen LogP contribution in [0.1, 0.15) is 27.7 Å². The van der Waals surface area contributed by atoms with E-state index in [9.17, 15) is 18.0 Å². The molecular weight excluding hydrogens is 406 g/mol. The predicted molar refractivity (Wildman–Crippen MR) is 84.2 cm³/mol. The van der Waals surface area contributed by atoms with Gasteiger partial charge in [0.2, 0.25) is 5.91 Å². The molecule has 128 valence electrons. The van der Waals surface area contributed by atoms with Gasteiger partial charge in [0.25, 0.3) is 0 Å². The molecule has 24 heavy (non-hydrogen) atoms. The summed E-state index contributed by atoms with van der Waals surface area (Å²) < 4.78 is 26.1. The fourth-order valence-electron chi connectivity index (χ4n) is 1.63. The van der Waals surface area contributed by atoms with Gasteiger partial charge in [-0.05, 0) is 32.6 Å². The van der Waals surface area contributed by atoms with Gasteiger partial charge < -0.3 is 10.4 Å². The number of carbonyl (C=O) groups excluding carboxylic acids is 1. The van der Waals surface area contributed by atoms with Crippen molar-refractivity contribution >= 4 is 21.9 Å². The van der Waals surface area contributed by atoms with Gasteiger partial charge in [-0.25, -0.2) is 13.2 Å².